The minimum Gasteiger partial charge on any atom is -0.324 e. The minimum absolute atomic E-state index is 0.0397. The van der Waals surface area contributed by atoms with Crippen molar-refractivity contribution in [2.24, 2.45) is 0 Å². The minimum atomic E-state index is -3.76. The van der Waals surface area contributed by atoms with Crippen LogP contribution in [0, 0.1) is 6.92 Å². The Bertz CT molecular complexity index is 633. The Morgan fingerprint density at radius 3 is 2.63 bits per heavy atom. The van der Waals surface area contributed by atoms with Gasteiger partial charge in [-0.25, -0.2) is 9.97 Å². The third-order valence-corrected chi connectivity index (χ3v) is 3.44. The number of hydrogen-bond donors (Lipinski definition) is 4. The van der Waals surface area contributed by atoms with Crippen LogP contribution < -0.4 is 5.32 Å². The average molecular weight is 305 g/mol. The molecule has 0 bridgehead atoms. The molecule has 0 radical (unpaired) electrons. The van der Waals surface area contributed by atoms with Crippen molar-refractivity contribution in [3.63, 3.8) is 0 Å². The van der Waals surface area contributed by atoms with E-state index in [0.717, 1.165) is 0 Å². The molecule has 0 aliphatic heterocycles. The van der Waals surface area contributed by atoms with E-state index in [4.69, 9.17) is 13.0 Å². The summed E-state index contributed by atoms with van der Waals surface area (Å²) >= 11 is 5.61. The maximum absolute atomic E-state index is 9.22. The summed E-state index contributed by atoms with van der Waals surface area (Å²) in [7, 11) is -3.76. The Morgan fingerprint density at radius 2 is 2.05 bits per heavy atom. The van der Waals surface area contributed by atoms with Crippen molar-refractivity contribution in [3.8, 4) is 0 Å². The van der Waals surface area contributed by atoms with E-state index in [0.29, 0.717) is 11.3 Å². The number of anilines is 2. The van der Waals surface area contributed by atoms with Gasteiger partial charge in [-0.2, -0.15) is 4.98 Å². The van der Waals surface area contributed by atoms with Crippen LogP contribution in [0.4, 0.5) is 11.6 Å². The van der Waals surface area contributed by atoms with Gasteiger partial charge in [0.1, 0.15) is 18.5 Å². The number of halogens is 1. The third-order valence-electron chi connectivity index (χ3n) is 2.22. The Labute approximate surface area is 117 Å². The first-order valence-corrected chi connectivity index (χ1v) is 6.90. The lowest BCUT2D eigenvalue weighted by Gasteiger charge is -2.21. The van der Waals surface area contributed by atoms with Gasteiger partial charge in [-0.1, -0.05) is 0 Å². The van der Waals surface area contributed by atoms with Crippen LogP contribution >= 0.6 is 22.5 Å². The zero-order valence-electron chi connectivity index (χ0n) is 10.7. The molecule has 19 heavy (non-hydrogen) atoms. The number of aromatic nitrogens is 3. The Hall–Kier alpha value is -1.45. The largest absolute Gasteiger partial charge is 0.324 e. The van der Waals surface area contributed by atoms with E-state index in [2.05, 4.69) is 20.3 Å². The second kappa shape index (κ2) is 5.27. The first-order chi connectivity index (χ1) is 9.25. The highest BCUT2D eigenvalue weighted by Crippen LogP contribution is 2.45. The van der Waals surface area contributed by atoms with Gasteiger partial charge in [-0.3, -0.25) is 0 Å². The van der Waals surface area contributed by atoms with E-state index in [-0.39, 0.29) is 22.4 Å². The summed E-state index contributed by atoms with van der Waals surface area (Å²) in [6.07, 6.45) is -0.273. The van der Waals surface area contributed by atoms with E-state index in [1.807, 2.05) is 0 Å². The molecule has 1 heterocycles. The maximum atomic E-state index is 9.22. The van der Waals surface area contributed by atoms with Gasteiger partial charge in [0.2, 0.25) is 11.2 Å². The molecular weight excluding hydrogens is 292 g/mol. The van der Waals surface area contributed by atoms with Gasteiger partial charge in [-0.05, 0) is 42.3 Å². The summed E-state index contributed by atoms with van der Waals surface area (Å²) in [5.74, 6) is 0.0951. The Morgan fingerprint density at radius 1 is 1.32 bits per heavy atom. The van der Waals surface area contributed by atoms with Gasteiger partial charge in [0, 0.05) is 5.69 Å². The fraction of sp³-hybridized carbons (Fsp3) is 0.100. The van der Waals surface area contributed by atoms with Gasteiger partial charge < -0.3 is 19.0 Å². The topological polar surface area (TPSA) is 111 Å². The van der Waals surface area contributed by atoms with Crippen LogP contribution in [0.3, 0.4) is 0 Å². The lowest BCUT2D eigenvalue weighted by Crippen LogP contribution is -2.01. The second-order valence-corrected chi connectivity index (χ2v) is 5.47. The van der Waals surface area contributed by atoms with Crippen LogP contribution in [-0.4, -0.2) is 28.6 Å². The molecule has 0 amide bonds. The first kappa shape index (κ1) is 12.6. The highest BCUT2D eigenvalue weighted by Gasteiger charge is 2.18. The van der Waals surface area contributed by atoms with Crippen LogP contribution in [0.25, 0.3) is 0 Å². The molecule has 7 nitrogen and oxygen atoms in total. The lowest BCUT2D eigenvalue weighted by atomic mass is 10.2. The smallest absolute Gasteiger partial charge is 0.231 e. The molecule has 0 atom stereocenters. The Balaban J connectivity index is 2.29. The molecule has 0 spiro atoms. The lowest BCUT2D eigenvalue weighted by molar-refractivity contribution is 0.375. The molecular formula is C10H11ClN4O3S. The number of nitrogens with zero attached hydrogens (tertiary/aromatic N) is 3. The molecule has 4 N–H and O–H groups in total. The van der Waals surface area contributed by atoms with Crippen LogP contribution in [0.15, 0.2) is 29.4 Å². The molecule has 1 aromatic carbocycles. The molecule has 1 aromatic heterocycles. The molecule has 0 aliphatic carbocycles. The maximum Gasteiger partial charge on any atom is 0.231 e. The van der Waals surface area contributed by atoms with Crippen molar-refractivity contribution in [1.82, 2.24) is 15.0 Å². The molecule has 2 rings (SSSR count). The van der Waals surface area contributed by atoms with Crippen molar-refractivity contribution in [2.75, 3.05) is 5.32 Å². The number of aryl methyl sites for hydroxylation is 1. The van der Waals surface area contributed by atoms with E-state index >= 15 is 0 Å². The SMILES string of the molecule is [3H]c1nc(Cl)nc(Nc2ccc(S(O)(O)O)c(C)c2)n1. The second-order valence-electron chi connectivity index (χ2n) is 3.65. The first-order valence-electron chi connectivity index (χ1n) is 5.52. The number of hydrogen-bond acceptors (Lipinski definition) is 7. The molecule has 0 saturated heterocycles. The van der Waals surface area contributed by atoms with Crippen molar-refractivity contribution < 1.29 is 15.0 Å². The summed E-state index contributed by atoms with van der Waals surface area (Å²) in [6.45, 7) is 1.61. The van der Waals surface area contributed by atoms with E-state index in [1.165, 1.54) is 12.1 Å². The van der Waals surface area contributed by atoms with Gasteiger partial charge in [0.05, 0.1) is 4.90 Å². The van der Waals surface area contributed by atoms with Gasteiger partial charge in [0.25, 0.3) is 0 Å². The van der Waals surface area contributed by atoms with Crippen molar-refractivity contribution in [1.29, 1.82) is 0 Å². The van der Waals surface area contributed by atoms with Gasteiger partial charge in [-0.15, -0.1) is 0 Å². The van der Waals surface area contributed by atoms with Crippen molar-refractivity contribution in [2.45, 2.75) is 11.8 Å². The van der Waals surface area contributed by atoms with Gasteiger partial charge >= 0.3 is 0 Å². The number of benzene rings is 1. The fourth-order valence-electron chi connectivity index (χ4n) is 1.47. The van der Waals surface area contributed by atoms with Crippen LogP contribution in [0.5, 0.6) is 0 Å². The molecule has 0 saturated carbocycles. The molecule has 102 valence electrons. The van der Waals surface area contributed by atoms with E-state index in [9.17, 15) is 13.7 Å². The average Bonchev–Trinajstić information content (AvgIpc) is 2.25. The van der Waals surface area contributed by atoms with Crippen molar-refractivity contribution >= 4 is 34.1 Å². The molecule has 0 fully saturated rings. The number of nitrogens with one attached hydrogen (secondary N) is 1. The third kappa shape index (κ3) is 3.52. The van der Waals surface area contributed by atoms with Crippen LogP contribution in [0.2, 0.25) is 5.28 Å². The standard InChI is InChI=1S/C10H11ClN4O3S/c1-6-4-7(2-3-8(6)19(16,17)18)14-10-13-5-12-9(11)15-10/h2-5,16-18H,1H3,(H,12,13,14,15)/i5T. The van der Waals surface area contributed by atoms with Crippen LogP contribution in [0.1, 0.15) is 6.93 Å². The summed E-state index contributed by atoms with van der Waals surface area (Å²) in [4.78, 5) is 11.1. The Kier molecular flexibility index (Phi) is 3.49. The highest BCUT2D eigenvalue weighted by molar-refractivity contribution is 8.19. The zero-order valence-corrected chi connectivity index (χ0v) is 11.3. The summed E-state index contributed by atoms with van der Waals surface area (Å²) < 4.78 is 35.0. The molecule has 9 heteroatoms. The molecule has 2 aromatic rings. The predicted molar refractivity (Wildman–Crippen MR) is 73.0 cm³/mol. The van der Waals surface area contributed by atoms with E-state index in [1.54, 1.807) is 13.0 Å². The predicted octanol–water partition coefficient (Wildman–Crippen LogP) is 3.16. The normalized spacial score (nSPS) is 13.0. The van der Waals surface area contributed by atoms with E-state index < -0.39 is 10.9 Å². The van der Waals surface area contributed by atoms with Crippen LogP contribution in [-0.2, 0) is 0 Å². The van der Waals surface area contributed by atoms with Gasteiger partial charge in [0.15, 0.2) is 0 Å². The number of rotatable bonds is 3. The highest BCUT2D eigenvalue weighted by atomic mass is 35.5. The monoisotopic (exact) mass is 304 g/mol. The summed E-state index contributed by atoms with van der Waals surface area (Å²) in [5, 5.41) is 2.70. The zero-order chi connectivity index (χ0) is 14.9. The van der Waals surface area contributed by atoms with Crippen molar-refractivity contribution in [3.05, 3.63) is 35.3 Å². The summed E-state index contributed by atoms with van der Waals surface area (Å²) in [6, 6.07) is 4.45. The quantitative estimate of drug-likeness (QED) is 0.689. The fourth-order valence-corrected chi connectivity index (χ4v) is 2.33. The molecule has 0 aliphatic rings. The summed E-state index contributed by atoms with van der Waals surface area (Å²) in [5.41, 5.74) is 1.01. The molecule has 0 unspecified atom stereocenters.